The van der Waals surface area contributed by atoms with Gasteiger partial charge in [0.15, 0.2) is 5.82 Å². The lowest BCUT2D eigenvalue weighted by atomic mass is 10.0. The average molecular weight is 508 g/mol. The molecular formula is C27H34FN7O2. The number of carbonyl (C=O) groups is 1. The molecule has 0 atom stereocenters. The number of nitrogens with zero attached hydrogens (tertiary/aromatic N) is 6. The van der Waals surface area contributed by atoms with Gasteiger partial charge in [-0.05, 0) is 38.8 Å². The minimum absolute atomic E-state index is 0.192. The topological polar surface area (TPSA) is 77.1 Å². The van der Waals surface area contributed by atoms with E-state index in [1.54, 1.807) is 6.07 Å². The summed E-state index contributed by atoms with van der Waals surface area (Å²) in [7, 11) is 0. The Morgan fingerprint density at radius 3 is 2.70 bits per heavy atom. The quantitative estimate of drug-likeness (QED) is 0.663. The van der Waals surface area contributed by atoms with Gasteiger partial charge in [-0.1, -0.05) is 6.08 Å². The molecule has 2 fully saturated rings. The number of benzene rings is 1. The second-order valence-electron chi connectivity index (χ2n) is 10.1. The van der Waals surface area contributed by atoms with Crippen molar-refractivity contribution in [1.82, 2.24) is 24.7 Å². The van der Waals surface area contributed by atoms with E-state index in [0.29, 0.717) is 41.4 Å². The van der Waals surface area contributed by atoms with Gasteiger partial charge < -0.3 is 19.9 Å². The van der Waals surface area contributed by atoms with Crippen molar-refractivity contribution < 1.29 is 13.9 Å². The molecule has 4 aliphatic heterocycles. The Balaban J connectivity index is 1.18. The van der Waals surface area contributed by atoms with E-state index in [4.69, 9.17) is 4.74 Å². The number of amides is 2. The van der Waals surface area contributed by atoms with E-state index in [0.717, 1.165) is 58.8 Å². The van der Waals surface area contributed by atoms with Crippen LogP contribution in [-0.4, -0.2) is 89.2 Å². The summed E-state index contributed by atoms with van der Waals surface area (Å²) in [6.07, 6.45) is 8.13. The molecule has 1 aromatic carbocycles. The van der Waals surface area contributed by atoms with Crippen LogP contribution in [0, 0.1) is 5.82 Å². The summed E-state index contributed by atoms with van der Waals surface area (Å²) >= 11 is 0. The minimum Gasteiger partial charge on any atom is -0.381 e. The van der Waals surface area contributed by atoms with E-state index in [2.05, 4.69) is 49.1 Å². The van der Waals surface area contributed by atoms with Gasteiger partial charge in [0.25, 0.3) is 0 Å². The first kappa shape index (κ1) is 24.1. The fourth-order valence-corrected chi connectivity index (χ4v) is 6.06. The Labute approximate surface area is 216 Å². The SMILES string of the molecule is CCN1C(=O)Nc2c(F)c(CN3CCN(C4=C(C)N(C5CCOCC5)CC=C4)CC3)cc3ncnc1c23. The largest absolute Gasteiger partial charge is 0.381 e. The summed E-state index contributed by atoms with van der Waals surface area (Å²) in [5, 5.41) is 3.30. The maximum atomic E-state index is 15.7. The number of rotatable bonds is 5. The standard InChI is InChI=1S/C27H34FN7O2/c1-3-34-26-23-21(29-17-30-26)15-19(24(28)25(23)31-27(34)36)16-32-9-11-33(12-10-32)22-5-4-8-35(18(22)2)20-6-13-37-14-7-20/h4-5,15,17,20H,3,6-14,16H2,1-2H3,(H,31,36). The summed E-state index contributed by atoms with van der Waals surface area (Å²) in [5.41, 5.74) is 4.03. The highest BCUT2D eigenvalue weighted by Gasteiger charge is 2.31. The van der Waals surface area contributed by atoms with Crippen LogP contribution in [0.3, 0.4) is 0 Å². The van der Waals surface area contributed by atoms with Gasteiger partial charge in [0.2, 0.25) is 0 Å². The van der Waals surface area contributed by atoms with Crippen LogP contribution >= 0.6 is 0 Å². The van der Waals surface area contributed by atoms with Crippen molar-refractivity contribution in [2.24, 2.45) is 0 Å². The summed E-state index contributed by atoms with van der Waals surface area (Å²) in [5.74, 6) is 0.0697. The monoisotopic (exact) mass is 507 g/mol. The zero-order valence-electron chi connectivity index (χ0n) is 21.5. The fourth-order valence-electron chi connectivity index (χ4n) is 6.06. The van der Waals surface area contributed by atoms with E-state index < -0.39 is 5.82 Å². The van der Waals surface area contributed by atoms with Crippen molar-refractivity contribution in [3.8, 4) is 0 Å². The van der Waals surface area contributed by atoms with Crippen LogP contribution < -0.4 is 10.2 Å². The van der Waals surface area contributed by atoms with E-state index in [-0.39, 0.29) is 11.7 Å². The number of carbonyl (C=O) groups excluding carboxylic acids is 1. The Morgan fingerprint density at radius 1 is 1.16 bits per heavy atom. The van der Waals surface area contributed by atoms with Gasteiger partial charge in [-0.2, -0.15) is 0 Å². The summed E-state index contributed by atoms with van der Waals surface area (Å²) in [6.45, 7) is 11.1. The number of nitrogens with one attached hydrogen (secondary N) is 1. The predicted molar refractivity (Wildman–Crippen MR) is 141 cm³/mol. The molecule has 0 aliphatic carbocycles. The molecule has 1 aromatic heterocycles. The number of urea groups is 1. The third-order valence-corrected chi connectivity index (χ3v) is 8.09. The molecule has 6 rings (SSSR count). The number of hydrogen-bond acceptors (Lipinski definition) is 7. The van der Waals surface area contributed by atoms with Crippen molar-refractivity contribution in [2.75, 3.05) is 62.7 Å². The molecule has 9 nitrogen and oxygen atoms in total. The van der Waals surface area contributed by atoms with Crippen LogP contribution in [0.5, 0.6) is 0 Å². The molecular weight excluding hydrogens is 473 g/mol. The molecule has 10 heteroatoms. The fraction of sp³-hybridized carbons (Fsp3) is 0.519. The smallest absolute Gasteiger partial charge is 0.327 e. The lowest BCUT2D eigenvalue weighted by Gasteiger charge is -2.43. The van der Waals surface area contributed by atoms with E-state index in [1.807, 2.05) is 6.92 Å². The number of anilines is 2. The summed E-state index contributed by atoms with van der Waals surface area (Å²) in [4.78, 5) is 30.0. The van der Waals surface area contributed by atoms with Crippen LogP contribution in [0.2, 0.25) is 0 Å². The molecule has 196 valence electrons. The Morgan fingerprint density at radius 2 is 1.95 bits per heavy atom. The van der Waals surface area contributed by atoms with Gasteiger partial charge in [-0.3, -0.25) is 9.80 Å². The van der Waals surface area contributed by atoms with Crippen LogP contribution in [0.25, 0.3) is 10.9 Å². The maximum absolute atomic E-state index is 15.7. The Kier molecular flexibility index (Phi) is 6.46. The van der Waals surface area contributed by atoms with Crippen LogP contribution in [0.1, 0.15) is 32.3 Å². The van der Waals surface area contributed by atoms with Gasteiger partial charge in [0.05, 0.1) is 22.3 Å². The minimum atomic E-state index is -0.393. The van der Waals surface area contributed by atoms with Crippen molar-refractivity contribution >= 4 is 28.4 Å². The molecule has 4 aliphatic rings. The second kappa shape index (κ2) is 9.90. The zero-order chi connectivity index (χ0) is 25.5. The second-order valence-corrected chi connectivity index (χ2v) is 10.1. The lowest BCUT2D eigenvalue weighted by molar-refractivity contribution is 0.0468. The highest BCUT2D eigenvalue weighted by molar-refractivity contribution is 6.17. The number of aromatic nitrogens is 2. The molecule has 2 saturated heterocycles. The van der Waals surface area contributed by atoms with E-state index in [1.165, 1.54) is 22.6 Å². The predicted octanol–water partition coefficient (Wildman–Crippen LogP) is 3.54. The first-order chi connectivity index (χ1) is 18.0. The molecule has 37 heavy (non-hydrogen) atoms. The molecule has 2 amide bonds. The van der Waals surface area contributed by atoms with E-state index >= 15 is 4.39 Å². The van der Waals surface area contributed by atoms with Gasteiger partial charge in [0, 0.05) is 76.3 Å². The molecule has 2 aromatic rings. The Bertz CT molecular complexity index is 1270. The van der Waals surface area contributed by atoms with Crippen molar-refractivity contribution in [1.29, 1.82) is 0 Å². The summed E-state index contributed by atoms with van der Waals surface area (Å²) < 4.78 is 21.2. The molecule has 0 radical (unpaired) electrons. The average Bonchev–Trinajstić information content (AvgIpc) is 2.92. The van der Waals surface area contributed by atoms with Gasteiger partial charge in [-0.15, -0.1) is 0 Å². The number of hydrogen-bond donors (Lipinski definition) is 1. The molecule has 0 spiro atoms. The van der Waals surface area contributed by atoms with Crippen molar-refractivity contribution in [2.45, 2.75) is 39.3 Å². The molecule has 1 N–H and O–H groups in total. The van der Waals surface area contributed by atoms with Crippen LogP contribution in [0.4, 0.5) is 20.7 Å². The van der Waals surface area contributed by atoms with E-state index in [9.17, 15) is 4.79 Å². The van der Waals surface area contributed by atoms with Crippen molar-refractivity contribution in [3.63, 3.8) is 0 Å². The van der Waals surface area contributed by atoms with Crippen LogP contribution in [-0.2, 0) is 11.3 Å². The maximum Gasteiger partial charge on any atom is 0.327 e. The van der Waals surface area contributed by atoms with Crippen molar-refractivity contribution in [3.05, 3.63) is 47.3 Å². The van der Waals surface area contributed by atoms with Gasteiger partial charge in [0.1, 0.15) is 12.1 Å². The highest BCUT2D eigenvalue weighted by Crippen LogP contribution is 2.38. The molecule has 0 saturated carbocycles. The number of allylic oxidation sites excluding steroid dienone is 2. The summed E-state index contributed by atoms with van der Waals surface area (Å²) in [6, 6.07) is 1.99. The third-order valence-electron chi connectivity index (χ3n) is 8.09. The zero-order valence-corrected chi connectivity index (χ0v) is 21.5. The highest BCUT2D eigenvalue weighted by atomic mass is 19.1. The third kappa shape index (κ3) is 4.31. The van der Waals surface area contributed by atoms with Crippen LogP contribution in [0.15, 0.2) is 35.9 Å². The molecule has 5 heterocycles. The normalized spacial score (nSPS) is 21.3. The first-order valence-corrected chi connectivity index (χ1v) is 13.3. The molecule has 0 bridgehead atoms. The number of ether oxygens (including phenoxy) is 1. The lowest BCUT2D eigenvalue weighted by Crippen LogP contribution is -2.47. The van der Waals surface area contributed by atoms with Gasteiger partial charge >= 0.3 is 6.03 Å². The first-order valence-electron chi connectivity index (χ1n) is 13.3. The number of halogens is 1. The molecule has 0 unspecified atom stereocenters. The van der Waals surface area contributed by atoms with Gasteiger partial charge in [-0.25, -0.2) is 19.2 Å². The Hall–Kier alpha value is -3.24. The number of piperazine rings is 1.